The lowest BCUT2D eigenvalue weighted by molar-refractivity contribution is -0.125. The number of nitrogens with zero attached hydrogens (tertiary/aromatic N) is 3. The van der Waals surface area contributed by atoms with Crippen LogP contribution in [0.15, 0.2) is 36.0 Å². The summed E-state index contributed by atoms with van der Waals surface area (Å²) in [7, 11) is 0. The van der Waals surface area contributed by atoms with E-state index in [1.54, 1.807) is 27.2 Å². The van der Waals surface area contributed by atoms with E-state index >= 15 is 0 Å². The second kappa shape index (κ2) is 8.84. The van der Waals surface area contributed by atoms with Gasteiger partial charge in [0.05, 0.1) is 32.9 Å². The number of rotatable bonds is 7. The highest BCUT2D eigenvalue weighted by Gasteiger charge is 2.26. The van der Waals surface area contributed by atoms with Gasteiger partial charge in [-0.15, -0.1) is 22.7 Å². The molecule has 31 heavy (non-hydrogen) atoms. The average Bonchev–Trinajstić information content (AvgIpc) is 3.44. The fourth-order valence-electron chi connectivity index (χ4n) is 3.53. The van der Waals surface area contributed by atoms with Gasteiger partial charge in [0.1, 0.15) is 6.04 Å². The fourth-order valence-corrected chi connectivity index (χ4v) is 5.19. The molecule has 0 fully saturated rings. The molecule has 0 saturated heterocycles. The first-order valence-corrected chi connectivity index (χ1v) is 11.6. The zero-order valence-electron chi connectivity index (χ0n) is 17.4. The Bertz CT molecular complexity index is 1230. The minimum atomic E-state index is -0.957. The number of hydrogen-bond donors (Lipinski definition) is 1. The molecule has 0 spiro atoms. The Labute approximate surface area is 186 Å². The average molecular weight is 461 g/mol. The largest absolute Gasteiger partial charge is 0.354 e. The van der Waals surface area contributed by atoms with E-state index in [0.717, 1.165) is 32.6 Å². The van der Waals surface area contributed by atoms with Crippen molar-refractivity contribution in [3.8, 4) is 10.6 Å². The van der Waals surface area contributed by atoms with Gasteiger partial charge in [-0.2, -0.15) is 0 Å². The van der Waals surface area contributed by atoms with Crippen LogP contribution in [0.5, 0.6) is 0 Å². The van der Waals surface area contributed by atoms with Crippen molar-refractivity contribution in [1.29, 1.82) is 0 Å². The number of amides is 1. The van der Waals surface area contributed by atoms with Gasteiger partial charge < -0.3 is 9.88 Å². The highest BCUT2D eigenvalue weighted by Crippen LogP contribution is 2.29. The number of halogens is 2. The van der Waals surface area contributed by atoms with Crippen LogP contribution in [0, 0.1) is 24.5 Å². The summed E-state index contributed by atoms with van der Waals surface area (Å²) in [6.07, 6.45) is 2.17. The number of nitrogens with one attached hydrogen (secondary N) is 1. The second-order valence-corrected chi connectivity index (χ2v) is 9.89. The third-order valence-corrected chi connectivity index (χ3v) is 6.96. The lowest BCUT2D eigenvalue weighted by Crippen LogP contribution is -2.36. The molecule has 0 aliphatic heterocycles. The minimum Gasteiger partial charge on any atom is -0.354 e. The van der Waals surface area contributed by atoms with E-state index in [0.29, 0.717) is 24.0 Å². The molecule has 0 saturated carbocycles. The molecule has 5 nitrogen and oxygen atoms in total. The number of carbonyl (C=O) groups is 1. The molecular formula is C22H22F2N4OS2. The molecular weight excluding hydrogens is 438 g/mol. The van der Waals surface area contributed by atoms with Gasteiger partial charge in [-0.25, -0.2) is 18.7 Å². The van der Waals surface area contributed by atoms with Crippen molar-refractivity contribution in [1.82, 2.24) is 19.9 Å². The topological polar surface area (TPSA) is 59.8 Å². The van der Waals surface area contributed by atoms with Crippen LogP contribution in [0.3, 0.4) is 0 Å². The van der Waals surface area contributed by atoms with Crippen molar-refractivity contribution in [3.63, 3.8) is 0 Å². The zero-order chi connectivity index (χ0) is 22.1. The van der Waals surface area contributed by atoms with E-state index in [-0.39, 0.29) is 11.8 Å². The molecule has 0 radical (unpaired) electrons. The van der Waals surface area contributed by atoms with E-state index in [1.807, 2.05) is 26.2 Å². The van der Waals surface area contributed by atoms with E-state index < -0.39 is 17.7 Å². The molecule has 162 valence electrons. The molecule has 3 heterocycles. The third kappa shape index (κ3) is 4.52. The summed E-state index contributed by atoms with van der Waals surface area (Å²) in [5.74, 6) is -2.15. The van der Waals surface area contributed by atoms with Gasteiger partial charge in [-0.3, -0.25) is 4.79 Å². The fraction of sp³-hybridized carbons (Fsp3) is 0.318. The number of carbonyl (C=O) groups excluding carboxylic acids is 1. The Morgan fingerprint density at radius 3 is 2.71 bits per heavy atom. The number of benzene rings is 1. The van der Waals surface area contributed by atoms with Crippen LogP contribution in [-0.4, -0.2) is 27.0 Å². The van der Waals surface area contributed by atoms with Gasteiger partial charge in [-0.05, 0) is 31.4 Å². The van der Waals surface area contributed by atoms with Crippen molar-refractivity contribution < 1.29 is 13.6 Å². The van der Waals surface area contributed by atoms with Crippen LogP contribution in [0.1, 0.15) is 29.8 Å². The first kappa shape index (κ1) is 21.6. The zero-order valence-corrected chi connectivity index (χ0v) is 19.0. The smallest absolute Gasteiger partial charge is 0.243 e. The van der Waals surface area contributed by atoms with Crippen LogP contribution in [-0.2, 0) is 11.2 Å². The number of thiophene rings is 1. The highest BCUT2D eigenvalue weighted by atomic mass is 32.1. The number of imidazole rings is 1. The Kier molecular flexibility index (Phi) is 6.15. The minimum absolute atomic E-state index is 0.0632. The Balaban J connectivity index is 1.44. The Morgan fingerprint density at radius 1 is 1.23 bits per heavy atom. The van der Waals surface area contributed by atoms with Crippen LogP contribution in [0.25, 0.3) is 21.6 Å². The van der Waals surface area contributed by atoms with E-state index in [1.165, 1.54) is 6.33 Å². The lowest BCUT2D eigenvalue weighted by Gasteiger charge is -2.22. The van der Waals surface area contributed by atoms with Gasteiger partial charge in [0.25, 0.3) is 0 Å². The molecule has 1 unspecified atom stereocenters. The predicted octanol–water partition coefficient (Wildman–Crippen LogP) is 5.36. The molecule has 0 aliphatic carbocycles. The van der Waals surface area contributed by atoms with E-state index in [4.69, 9.17) is 0 Å². The Hall–Kier alpha value is -2.65. The van der Waals surface area contributed by atoms with Gasteiger partial charge in [-0.1, -0.05) is 13.8 Å². The van der Waals surface area contributed by atoms with Crippen LogP contribution in [0.4, 0.5) is 8.78 Å². The maximum atomic E-state index is 13.8. The quantitative estimate of drug-likeness (QED) is 0.404. The molecule has 4 aromatic rings. The molecule has 9 heteroatoms. The highest BCUT2D eigenvalue weighted by molar-refractivity contribution is 7.16. The normalized spacial score (nSPS) is 12.6. The van der Waals surface area contributed by atoms with Gasteiger partial charge in [0.15, 0.2) is 11.6 Å². The number of fused-ring (bicyclic) bond motifs is 1. The maximum Gasteiger partial charge on any atom is 0.243 e. The first-order valence-electron chi connectivity index (χ1n) is 9.94. The monoisotopic (exact) mass is 460 g/mol. The molecule has 1 atom stereocenters. The van der Waals surface area contributed by atoms with Crippen molar-refractivity contribution in [2.75, 3.05) is 6.54 Å². The van der Waals surface area contributed by atoms with Crippen molar-refractivity contribution >= 4 is 39.6 Å². The summed E-state index contributed by atoms with van der Waals surface area (Å²) in [5, 5.41) is 6.06. The van der Waals surface area contributed by atoms with Gasteiger partial charge >= 0.3 is 0 Å². The molecule has 0 bridgehead atoms. The summed E-state index contributed by atoms with van der Waals surface area (Å²) < 4.78 is 28.9. The van der Waals surface area contributed by atoms with Crippen molar-refractivity contribution in [3.05, 3.63) is 57.5 Å². The molecule has 0 aliphatic rings. The maximum absolute atomic E-state index is 13.8. The SMILES string of the molecule is Cc1nc(-c2ccc(CCNC(=O)C(C(C)C)n3cnc4cc(F)c(F)cc43)s2)cs1. The summed E-state index contributed by atoms with van der Waals surface area (Å²) >= 11 is 3.29. The van der Waals surface area contributed by atoms with E-state index in [9.17, 15) is 13.6 Å². The summed E-state index contributed by atoms with van der Waals surface area (Å²) in [6.45, 7) is 6.29. The molecule has 4 rings (SSSR count). The summed E-state index contributed by atoms with van der Waals surface area (Å²) in [4.78, 5) is 23.9. The molecule has 3 aromatic heterocycles. The molecule has 1 amide bonds. The first-order chi connectivity index (χ1) is 14.8. The van der Waals surface area contributed by atoms with E-state index in [2.05, 4.69) is 27.4 Å². The van der Waals surface area contributed by atoms with Crippen molar-refractivity contribution in [2.45, 2.75) is 33.2 Å². The molecule has 1 N–H and O–H groups in total. The number of hydrogen-bond acceptors (Lipinski definition) is 5. The molecule has 1 aromatic carbocycles. The number of aryl methyl sites for hydroxylation is 1. The van der Waals surface area contributed by atoms with Crippen LogP contribution < -0.4 is 5.32 Å². The summed E-state index contributed by atoms with van der Waals surface area (Å²) in [6, 6.07) is 5.68. The van der Waals surface area contributed by atoms with Crippen LogP contribution in [0.2, 0.25) is 0 Å². The number of aromatic nitrogens is 3. The van der Waals surface area contributed by atoms with Gasteiger partial charge in [0.2, 0.25) is 5.91 Å². The van der Waals surface area contributed by atoms with Crippen molar-refractivity contribution in [2.24, 2.45) is 5.92 Å². The van der Waals surface area contributed by atoms with Gasteiger partial charge in [0, 0.05) is 28.9 Å². The Morgan fingerprint density at radius 2 is 2.00 bits per heavy atom. The standard InChI is InChI=1S/C22H22F2N4OS2/c1-12(2)21(28-11-26-17-8-15(23)16(24)9-19(17)28)22(29)25-7-6-14-4-5-20(31-14)18-10-30-13(3)27-18/h4-5,8-12,21H,6-7H2,1-3H3,(H,25,29). The predicted molar refractivity (Wildman–Crippen MR) is 120 cm³/mol. The third-order valence-electron chi connectivity index (χ3n) is 5.02. The second-order valence-electron chi connectivity index (χ2n) is 7.65. The number of thiazole rings is 1. The van der Waals surface area contributed by atoms with Crippen LogP contribution >= 0.6 is 22.7 Å². The lowest BCUT2D eigenvalue weighted by atomic mass is 10.0. The summed E-state index contributed by atoms with van der Waals surface area (Å²) in [5.41, 5.74) is 1.70.